The Bertz CT molecular complexity index is 311. The van der Waals surface area contributed by atoms with Crippen molar-refractivity contribution in [2.24, 2.45) is 5.41 Å². The monoisotopic (exact) mass is 347 g/mol. The van der Waals surface area contributed by atoms with Crippen LogP contribution in [0.25, 0.3) is 0 Å². The first kappa shape index (κ1) is 14.9. The maximum atomic E-state index is 9.47. The number of hydrogen-bond acceptors (Lipinski definition) is 2. The van der Waals surface area contributed by atoms with E-state index in [4.69, 9.17) is 0 Å². The maximum absolute atomic E-state index is 9.47. The average molecular weight is 347 g/mol. The summed E-state index contributed by atoms with van der Waals surface area (Å²) in [6.45, 7) is 6.30. The van der Waals surface area contributed by atoms with Gasteiger partial charge >= 0.3 is 0 Å². The third-order valence-corrected chi connectivity index (χ3v) is 4.30. The summed E-state index contributed by atoms with van der Waals surface area (Å²) in [5.41, 5.74) is 1.34. The predicted octanol–water partition coefficient (Wildman–Crippen LogP) is 3.18. The van der Waals surface area contributed by atoms with Crippen LogP contribution in [-0.4, -0.2) is 18.3 Å². The number of rotatable bonds is 7. The minimum atomic E-state index is 0.0448. The molecule has 2 nitrogen and oxygen atoms in total. The lowest BCUT2D eigenvalue weighted by Gasteiger charge is -2.29. The highest BCUT2D eigenvalue weighted by atomic mass is 127. The molecule has 1 rings (SSSR count). The van der Waals surface area contributed by atoms with E-state index >= 15 is 0 Å². The van der Waals surface area contributed by atoms with Crippen molar-refractivity contribution in [2.75, 3.05) is 13.2 Å². The number of aliphatic hydroxyl groups excluding tert-OH is 1. The lowest BCUT2D eigenvalue weighted by Crippen LogP contribution is -2.36. The molecule has 17 heavy (non-hydrogen) atoms. The zero-order chi connectivity index (χ0) is 12.7. The fraction of sp³-hybridized carbons (Fsp3) is 0.571. The van der Waals surface area contributed by atoms with Crippen LogP contribution < -0.4 is 5.32 Å². The summed E-state index contributed by atoms with van der Waals surface area (Å²) in [7, 11) is 0. The summed E-state index contributed by atoms with van der Waals surface area (Å²) < 4.78 is 1.26. The fourth-order valence-corrected chi connectivity index (χ4v) is 2.21. The van der Waals surface area contributed by atoms with Crippen LogP contribution in [0.15, 0.2) is 24.3 Å². The second-order valence-electron chi connectivity index (χ2n) is 4.60. The van der Waals surface area contributed by atoms with Crippen molar-refractivity contribution in [3.05, 3.63) is 33.4 Å². The standard InChI is InChI=1S/C14H22INO/c1-3-14(4-2,11-17)10-16-9-12-5-7-13(15)8-6-12/h5-8,16-17H,3-4,9-11H2,1-2H3. The molecule has 0 amide bonds. The van der Waals surface area contributed by atoms with Crippen LogP contribution in [0.4, 0.5) is 0 Å². The largest absolute Gasteiger partial charge is 0.396 e. The van der Waals surface area contributed by atoms with Gasteiger partial charge in [0.25, 0.3) is 0 Å². The quantitative estimate of drug-likeness (QED) is 0.743. The molecular weight excluding hydrogens is 325 g/mol. The summed E-state index contributed by atoms with van der Waals surface area (Å²) in [4.78, 5) is 0. The molecule has 0 aliphatic heterocycles. The Morgan fingerprint density at radius 1 is 1.18 bits per heavy atom. The molecule has 0 aliphatic carbocycles. The van der Waals surface area contributed by atoms with Gasteiger partial charge in [-0.15, -0.1) is 0 Å². The number of halogens is 1. The maximum Gasteiger partial charge on any atom is 0.0499 e. The molecule has 0 unspecified atom stereocenters. The van der Waals surface area contributed by atoms with Crippen LogP contribution in [0.3, 0.4) is 0 Å². The third kappa shape index (κ3) is 4.56. The van der Waals surface area contributed by atoms with Crippen molar-refractivity contribution in [3.8, 4) is 0 Å². The summed E-state index contributed by atoms with van der Waals surface area (Å²) in [6.07, 6.45) is 2.03. The Kier molecular flexibility index (Phi) is 6.44. The van der Waals surface area contributed by atoms with E-state index in [1.54, 1.807) is 0 Å². The highest BCUT2D eigenvalue weighted by Gasteiger charge is 2.24. The van der Waals surface area contributed by atoms with Gasteiger partial charge in [-0.2, -0.15) is 0 Å². The Hall–Kier alpha value is -0.130. The lowest BCUT2D eigenvalue weighted by atomic mass is 9.83. The van der Waals surface area contributed by atoms with E-state index in [9.17, 15) is 5.11 Å². The molecule has 0 saturated heterocycles. The van der Waals surface area contributed by atoms with Crippen LogP contribution >= 0.6 is 22.6 Å². The SMILES string of the molecule is CCC(CC)(CO)CNCc1ccc(I)cc1. The molecular formula is C14H22INO. The summed E-state index contributed by atoms with van der Waals surface area (Å²) in [5.74, 6) is 0. The van der Waals surface area contributed by atoms with E-state index in [0.29, 0.717) is 0 Å². The minimum Gasteiger partial charge on any atom is -0.396 e. The average Bonchev–Trinajstić information content (AvgIpc) is 2.38. The second-order valence-corrected chi connectivity index (χ2v) is 5.84. The van der Waals surface area contributed by atoms with Crippen LogP contribution in [0.5, 0.6) is 0 Å². The first-order valence-corrected chi connectivity index (χ1v) is 7.29. The van der Waals surface area contributed by atoms with Gasteiger partial charge in [-0.3, -0.25) is 0 Å². The summed E-state index contributed by atoms with van der Waals surface area (Å²) >= 11 is 2.31. The van der Waals surface area contributed by atoms with Crippen molar-refractivity contribution < 1.29 is 5.11 Å². The van der Waals surface area contributed by atoms with Gasteiger partial charge in [-0.25, -0.2) is 0 Å². The van der Waals surface area contributed by atoms with E-state index in [2.05, 4.69) is 66.0 Å². The first-order chi connectivity index (χ1) is 8.15. The van der Waals surface area contributed by atoms with E-state index in [-0.39, 0.29) is 12.0 Å². The predicted molar refractivity (Wildman–Crippen MR) is 81.0 cm³/mol. The molecule has 0 radical (unpaired) electrons. The van der Waals surface area contributed by atoms with Gasteiger partial charge in [0.15, 0.2) is 0 Å². The van der Waals surface area contributed by atoms with Crippen molar-refractivity contribution >= 4 is 22.6 Å². The molecule has 3 heteroatoms. The van der Waals surface area contributed by atoms with Gasteiger partial charge < -0.3 is 10.4 Å². The van der Waals surface area contributed by atoms with Crippen molar-refractivity contribution in [3.63, 3.8) is 0 Å². The lowest BCUT2D eigenvalue weighted by molar-refractivity contribution is 0.113. The fourth-order valence-electron chi connectivity index (χ4n) is 1.85. The Morgan fingerprint density at radius 2 is 1.76 bits per heavy atom. The van der Waals surface area contributed by atoms with Gasteiger partial charge in [-0.1, -0.05) is 26.0 Å². The van der Waals surface area contributed by atoms with Crippen molar-refractivity contribution in [1.82, 2.24) is 5.32 Å². The normalized spacial score (nSPS) is 11.8. The molecule has 0 spiro atoms. The molecule has 0 bridgehead atoms. The Labute approximate surface area is 118 Å². The Balaban J connectivity index is 2.43. The summed E-state index contributed by atoms with van der Waals surface area (Å²) in [6, 6.07) is 8.54. The van der Waals surface area contributed by atoms with Gasteiger partial charge in [0.05, 0.1) is 0 Å². The van der Waals surface area contributed by atoms with Crippen LogP contribution in [0.1, 0.15) is 32.3 Å². The molecule has 0 fully saturated rings. The minimum absolute atomic E-state index is 0.0448. The number of hydrogen-bond donors (Lipinski definition) is 2. The molecule has 1 aromatic rings. The van der Waals surface area contributed by atoms with Gasteiger partial charge in [0, 0.05) is 28.7 Å². The first-order valence-electron chi connectivity index (χ1n) is 6.22. The zero-order valence-electron chi connectivity index (χ0n) is 10.7. The summed E-state index contributed by atoms with van der Waals surface area (Å²) in [5, 5.41) is 12.9. The van der Waals surface area contributed by atoms with E-state index in [0.717, 1.165) is 25.9 Å². The molecule has 1 aromatic carbocycles. The highest BCUT2D eigenvalue weighted by Crippen LogP contribution is 2.24. The number of nitrogens with one attached hydrogen (secondary N) is 1. The van der Waals surface area contributed by atoms with E-state index in [1.165, 1.54) is 9.13 Å². The second kappa shape index (κ2) is 7.34. The molecule has 96 valence electrons. The van der Waals surface area contributed by atoms with Crippen molar-refractivity contribution in [1.29, 1.82) is 0 Å². The zero-order valence-corrected chi connectivity index (χ0v) is 12.8. The van der Waals surface area contributed by atoms with Gasteiger partial charge in [-0.05, 0) is 53.1 Å². The highest BCUT2D eigenvalue weighted by molar-refractivity contribution is 14.1. The van der Waals surface area contributed by atoms with Crippen LogP contribution in [0.2, 0.25) is 0 Å². The molecule has 2 N–H and O–H groups in total. The smallest absolute Gasteiger partial charge is 0.0499 e. The third-order valence-electron chi connectivity index (χ3n) is 3.58. The van der Waals surface area contributed by atoms with Crippen LogP contribution in [0, 0.1) is 8.99 Å². The number of benzene rings is 1. The van der Waals surface area contributed by atoms with E-state index < -0.39 is 0 Å². The van der Waals surface area contributed by atoms with Gasteiger partial charge in [0.2, 0.25) is 0 Å². The molecule has 0 heterocycles. The molecule has 0 atom stereocenters. The van der Waals surface area contributed by atoms with E-state index in [1.807, 2.05) is 0 Å². The number of aliphatic hydroxyl groups is 1. The van der Waals surface area contributed by atoms with Crippen LogP contribution in [-0.2, 0) is 6.54 Å². The molecule has 0 saturated carbocycles. The van der Waals surface area contributed by atoms with Crippen molar-refractivity contribution in [2.45, 2.75) is 33.2 Å². The Morgan fingerprint density at radius 3 is 2.24 bits per heavy atom. The molecule has 0 aromatic heterocycles. The molecule has 0 aliphatic rings. The van der Waals surface area contributed by atoms with Gasteiger partial charge in [0.1, 0.15) is 0 Å². The topological polar surface area (TPSA) is 32.3 Å².